The molecule has 0 saturated carbocycles. The van der Waals surface area contributed by atoms with Crippen molar-refractivity contribution >= 4 is 34.9 Å². The van der Waals surface area contributed by atoms with Gasteiger partial charge in [0.25, 0.3) is 0 Å². The highest BCUT2D eigenvalue weighted by molar-refractivity contribution is 7.71. The molecule has 0 bridgehead atoms. The van der Waals surface area contributed by atoms with E-state index in [1.54, 1.807) is 0 Å². The minimum Gasteiger partial charge on any atom is -0.346 e. The largest absolute Gasteiger partial charge is 0.346 e. The van der Waals surface area contributed by atoms with Crippen LogP contribution < -0.4 is 0 Å². The number of aromatic nitrogens is 3. The van der Waals surface area contributed by atoms with Gasteiger partial charge in [-0.2, -0.15) is 0 Å². The lowest BCUT2D eigenvalue weighted by Gasteiger charge is -1.97. The summed E-state index contributed by atoms with van der Waals surface area (Å²) in [6.45, 7) is 2.13. The molecule has 74 valence electrons. The summed E-state index contributed by atoms with van der Waals surface area (Å²) in [6, 6.07) is 0. The van der Waals surface area contributed by atoms with Crippen molar-refractivity contribution in [2.45, 2.75) is 19.8 Å². The van der Waals surface area contributed by atoms with E-state index in [-0.39, 0.29) is 0 Å². The fourth-order valence-corrected chi connectivity index (χ4v) is 2.09. The van der Waals surface area contributed by atoms with Crippen LogP contribution >= 0.6 is 23.8 Å². The van der Waals surface area contributed by atoms with Crippen LogP contribution in [0.1, 0.15) is 18.9 Å². The van der Waals surface area contributed by atoms with Crippen molar-refractivity contribution in [3.63, 3.8) is 0 Å². The Morgan fingerprint density at radius 3 is 3.07 bits per heavy atom. The van der Waals surface area contributed by atoms with E-state index in [1.807, 2.05) is 6.20 Å². The molecule has 0 atom stereocenters. The molecule has 0 aromatic carbocycles. The Labute approximate surface area is 91.5 Å². The van der Waals surface area contributed by atoms with E-state index in [0.717, 1.165) is 23.9 Å². The zero-order valence-electron chi connectivity index (χ0n) is 7.72. The van der Waals surface area contributed by atoms with Gasteiger partial charge in [-0.05, 0) is 24.2 Å². The van der Waals surface area contributed by atoms with Crippen LogP contribution in [0, 0.1) is 4.77 Å². The highest BCUT2D eigenvalue weighted by Crippen LogP contribution is 2.24. The molecule has 2 heterocycles. The van der Waals surface area contributed by atoms with Gasteiger partial charge in [0, 0.05) is 6.20 Å². The molecule has 0 spiro atoms. The molecule has 0 aliphatic rings. The lowest BCUT2D eigenvalue weighted by atomic mass is 10.1. The lowest BCUT2D eigenvalue weighted by Crippen LogP contribution is -1.86. The second kappa shape index (κ2) is 3.71. The molecule has 0 saturated heterocycles. The van der Waals surface area contributed by atoms with E-state index >= 15 is 0 Å². The summed E-state index contributed by atoms with van der Waals surface area (Å²) in [5.74, 6) is 0. The number of fused-ring (bicyclic) bond motifs is 1. The Kier molecular flexibility index (Phi) is 2.56. The van der Waals surface area contributed by atoms with Crippen molar-refractivity contribution in [1.29, 1.82) is 0 Å². The van der Waals surface area contributed by atoms with Gasteiger partial charge >= 0.3 is 0 Å². The first-order valence-electron chi connectivity index (χ1n) is 4.48. The monoisotopic (exact) mass is 227 g/mol. The molecular formula is C9H10ClN3S. The number of aryl methyl sites for hydroxylation is 1. The number of H-pyrrole nitrogens is 2. The molecule has 2 N–H and O–H groups in total. The van der Waals surface area contributed by atoms with Crippen LogP contribution in [-0.2, 0) is 6.42 Å². The summed E-state index contributed by atoms with van der Waals surface area (Å²) < 4.78 is 0.410. The standard InChI is InChI=1S/C9H10ClN3S/c1-2-3-5-4-11-8-6(5)7(10)12-9(14)13-8/h4H,2-3H2,1H3,(H2,11,12,13,14). The molecular weight excluding hydrogens is 218 g/mol. The van der Waals surface area contributed by atoms with Crippen LogP contribution in [0.4, 0.5) is 0 Å². The molecule has 3 nitrogen and oxygen atoms in total. The van der Waals surface area contributed by atoms with Crippen LogP contribution in [-0.4, -0.2) is 15.0 Å². The maximum absolute atomic E-state index is 6.06. The average molecular weight is 228 g/mol. The summed E-state index contributed by atoms with van der Waals surface area (Å²) in [6.07, 6.45) is 4.01. The van der Waals surface area contributed by atoms with Gasteiger partial charge in [0.05, 0.1) is 5.39 Å². The Morgan fingerprint density at radius 2 is 2.36 bits per heavy atom. The first kappa shape index (κ1) is 9.68. The highest BCUT2D eigenvalue weighted by atomic mass is 35.5. The van der Waals surface area contributed by atoms with Crippen LogP contribution in [0.5, 0.6) is 0 Å². The third kappa shape index (κ3) is 1.55. The van der Waals surface area contributed by atoms with Crippen molar-refractivity contribution in [2.75, 3.05) is 0 Å². The number of rotatable bonds is 2. The zero-order chi connectivity index (χ0) is 10.1. The summed E-state index contributed by atoms with van der Waals surface area (Å²) in [5.41, 5.74) is 1.95. The smallest absolute Gasteiger partial charge is 0.199 e. The fraction of sp³-hybridized carbons (Fsp3) is 0.333. The third-order valence-electron chi connectivity index (χ3n) is 2.11. The van der Waals surface area contributed by atoms with Crippen molar-refractivity contribution in [3.05, 3.63) is 21.7 Å². The van der Waals surface area contributed by atoms with Crippen LogP contribution in [0.25, 0.3) is 11.0 Å². The number of hydrogen-bond donors (Lipinski definition) is 2. The topological polar surface area (TPSA) is 44.5 Å². The molecule has 0 amide bonds. The molecule has 2 aromatic heterocycles. The molecule has 0 radical (unpaired) electrons. The molecule has 0 fully saturated rings. The average Bonchev–Trinajstić information content (AvgIpc) is 2.49. The Bertz CT molecular complexity index is 514. The van der Waals surface area contributed by atoms with Gasteiger partial charge in [0.2, 0.25) is 0 Å². The molecule has 2 rings (SSSR count). The summed E-state index contributed by atoms with van der Waals surface area (Å²) in [5, 5.41) is 1.53. The van der Waals surface area contributed by atoms with Gasteiger partial charge in [0.15, 0.2) is 4.77 Å². The van der Waals surface area contributed by atoms with Gasteiger partial charge in [-0.15, -0.1) is 0 Å². The van der Waals surface area contributed by atoms with Crippen molar-refractivity contribution in [1.82, 2.24) is 15.0 Å². The van der Waals surface area contributed by atoms with E-state index in [4.69, 9.17) is 23.8 Å². The quantitative estimate of drug-likeness (QED) is 0.611. The number of aromatic amines is 2. The van der Waals surface area contributed by atoms with Crippen LogP contribution in [0.2, 0.25) is 5.15 Å². The predicted octanol–water partition coefficient (Wildman–Crippen LogP) is 3.23. The second-order valence-electron chi connectivity index (χ2n) is 3.14. The Balaban J connectivity index is 2.72. The Morgan fingerprint density at radius 1 is 1.57 bits per heavy atom. The number of nitrogens with one attached hydrogen (secondary N) is 2. The van der Waals surface area contributed by atoms with E-state index in [1.165, 1.54) is 5.56 Å². The maximum atomic E-state index is 6.06. The van der Waals surface area contributed by atoms with Crippen molar-refractivity contribution in [2.24, 2.45) is 0 Å². The van der Waals surface area contributed by atoms with Gasteiger partial charge in [-0.1, -0.05) is 24.9 Å². The zero-order valence-corrected chi connectivity index (χ0v) is 9.30. The normalized spacial score (nSPS) is 11.0. The highest BCUT2D eigenvalue weighted by Gasteiger charge is 2.08. The molecule has 0 aliphatic carbocycles. The van der Waals surface area contributed by atoms with Crippen molar-refractivity contribution in [3.8, 4) is 0 Å². The van der Waals surface area contributed by atoms with Gasteiger partial charge < -0.3 is 9.97 Å². The minimum absolute atomic E-state index is 0.410. The Hall–Kier alpha value is -0.870. The van der Waals surface area contributed by atoms with E-state index in [2.05, 4.69) is 21.9 Å². The molecule has 14 heavy (non-hydrogen) atoms. The van der Waals surface area contributed by atoms with Crippen molar-refractivity contribution < 1.29 is 0 Å². The van der Waals surface area contributed by atoms with Gasteiger partial charge in [0.1, 0.15) is 10.8 Å². The van der Waals surface area contributed by atoms with Gasteiger partial charge in [-0.3, -0.25) is 0 Å². The summed E-state index contributed by atoms with van der Waals surface area (Å²) in [7, 11) is 0. The van der Waals surface area contributed by atoms with E-state index < -0.39 is 0 Å². The van der Waals surface area contributed by atoms with Gasteiger partial charge in [-0.25, -0.2) is 4.98 Å². The minimum atomic E-state index is 0.410. The maximum Gasteiger partial charge on any atom is 0.199 e. The molecule has 2 aromatic rings. The summed E-state index contributed by atoms with van der Waals surface area (Å²) >= 11 is 11.0. The SMILES string of the molecule is CCCc1c[nH]c2nc(=S)[nH]c(Cl)c12. The lowest BCUT2D eigenvalue weighted by molar-refractivity contribution is 0.928. The molecule has 0 aliphatic heterocycles. The second-order valence-corrected chi connectivity index (χ2v) is 3.91. The third-order valence-corrected chi connectivity index (χ3v) is 2.59. The first-order valence-corrected chi connectivity index (χ1v) is 5.26. The first-order chi connectivity index (χ1) is 6.72. The number of nitrogens with zero attached hydrogens (tertiary/aromatic N) is 1. The molecule has 0 unspecified atom stereocenters. The predicted molar refractivity (Wildman–Crippen MR) is 60.3 cm³/mol. The summed E-state index contributed by atoms with van der Waals surface area (Å²) in [4.78, 5) is 10.1. The van der Waals surface area contributed by atoms with Crippen LogP contribution in [0.15, 0.2) is 6.20 Å². The number of halogens is 1. The molecule has 5 heteroatoms. The number of hydrogen-bond acceptors (Lipinski definition) is 2. The van der Waals surface area contributed by atoms with E-state index in [0.29, 0.717) is 9.92 Å². The fourth-order valence-electron chi connectivity index (χ4n) is 1.54. The van der Waals surface area contributed by atoms with E-state index in [9.17, 15) is 0 Å². The van der Waals surface area contributed by atoms with Crippen LogP contribution in [0.3, 0.4) is 0 Å².